The fourth-order valence-corrected chi connectivity index (χ4v) is 2.22. The van der Waals surface area contributed by atoms with Gasteiger partial charge in [-0.25, -0.2) is 0 Å². The molecule has 1 heterocycles. The van der Waals surface area contributed by atoms with E-state index in [4.69, 9.17) is 0 Å². The second-order valence-electron chi connectivity index (χ2n) is 4.62. The minimum atomic E-state index is -4.74. The molecule has 1 aliphatic heterocycles. The molecule has 92 valence electrons. The number of alkyl halides is 3. The van der Waals surface area contributed by atoms with E-state index in [1.54, 1.807) is 0 Å². The molecule has 0 aromatic carbocycles. The first-order valence-corrected chi connectivity index (χ1v) is 5.51. The number of nitrogens with one attached hydrogen (secondary N) is 1. The summed E-state index contributed by atoms with van der Waals surface area (Å²) < 4.78 is 37.3. The number of piperazine rings is 1. The zero-order valence-electron chi connectivity index (χ0n) is 9.10. The lowest BCUT2D eigenvalue weighted by atomic mass is 10.1. The van der Waals surface area contributed by atoms with Gasteiger partial charge < -0.3 is 10.2 Å². The van der Waals surface area contributed by atoms with Crippen molar-refractivity contribution in [1.29, 1.82) is 0 Å². The van der Waals surface area contributed by atoms with Gasteiger partial charge in [0.2, 0.25) is 0 Å². The summed E-state index contributed by atoms with van der Waals surface area (Å²) in [6.45, 7) is 2.57. The van der Waals surface area contributed by atoms with Crippen LogP contribution < -0.4 is 5.32 Å². The smallest absolute Gasteiger partial charge is 0.326 e. The Morgan fingerprint density at radius 2 is 2.12 bits per heavy atom. The van der Waals surface area contributed by atoms with Crippen molar-refractivity contribution < 1.29 is 18.0 Å². The Morgan fingerprint density at radius 3 is 2.56 bits per heavy atom. The quantitative estimate of drug-likeness (QED) is 0.744. The van der Waals surface area contributed by atoms with Crippen molar-refractivity contribution in [3.63, 3.8) is 0 Å². The van der Waals surface area contributed by atoms with E-state index in [0.29, 0.717) is 19.4 Å². The van der Waals surface area contributed by atoms with Gasteiger partial charge in [-0.3, -0.25) is 4.79 Å². The first-order valence-electron chi connectivity index (χ1n) is 5.51. The van der Waals surface area contributed by atoms with Crippen LogP contribution in [0.2, 0.25) is 0 Å². The molecule has 1 N–H and O–H groups in total. The second kappa shape index (κ2) is 3.61. The lowest BCUT2D eigenvalue weighted by Gasteiger charge is -2.41. The van der Waals surface area contributed by atoms with Gasteiger partial charge in [-0.1, -0.05) is 6.92 Å². The summed E-state index contributed by atoms with van der Waals surface area (Å²) in [6, 6.07) is -0.0162. The molecule has 0 unspecified atom stereocenters. The van der Waals surface area contributed by atoms with Crippen LogP contribution in [0.15, 0.2) is 0 Å². The number of hydrogen-bond donors (Lipinski definition) is 1. The van der Waals surface area contributed by atoms with Gasteiger partial charge in [-0.05, 0) is 19.3 Å². The summed E-state index contributed by atoms with van der Waals surface area (Å²) in [5, 5.41) is 3.20. The predicted octanol–water partition coefficient (Wildman–Crippen LogP) is 1.29. The van der Waals surface area contributed by atoms with Crippen LogP contribution in [0, 0.1) is 0 Å². The average Bonchev–Trinajstić information content (AvgIpc) is 2.97. The highest BCUT2D eigenvalue weighted by Crippen LogP contribution is 2.44. The molecular weight excluding hydrogens is 221 g/mol. The van der Waals surface area contributed by atoms with Gasteiger partial charge in [0.15, 0.2) is 0 Å². The van der Waals surface area contributed by atoms with Gasteiger partial charge in [0.1, 0.15) is 0 Å². The van der Waals surface area contributed by atoms with Gasteiger partial charge >= 0.3 is 12.1 Å². The van der Waals surface area contributed by atoms with Crippen molar-refractivity contribution in [3.8, 4) is 0 Å². The molecule has 1 spiro atoms. The van der Waals surface area contributed by atoms with Crippen molar-refractivity contribution in [2.24, 2.45) is 0 Å². The van der Waals surface area contributed by atoms with E-state index in [1.807, 2.05) is 6.92 Å². The normalized spacial score (nSPS) is 28.2. The molecule has 0 aromatic rings. The summed E-state index contributed by atoms with van der Waals surface area (Å²) in [4.78, 5) is 12.3. The third-order valence-corrected chi connectivity index (χ3v) is 3.50. The predicted molar refractivity (Wildman–Crippen MR) is 51.8 cm³/mol. The molecule has 0 aromatic heterocycles. The molecule has 3 nitrogen and oxygen atoms in total. The van der Waals surface area contributed by atoms with Crippen LogP contribution in [-0.2, 0) is 4.79 Å². The number of carbonyl (C=O) groups is 1. The highest BCUT2D eigenvalue weighted by molar-refractivity contribution is 5.83. The van der Waals surface area contributed by atoms with Crippen molar-refractivity contribution in [2.45, 2.75) is 43.9 Å². The largest absolute Gasteiger partial charge is 0.471 e. The SMILES string of the molecule is CC[C@H]1CN(C(=O)C(F)(F)F)C2(CC2)CN1. The molecule has 1 saturated heterocycles. The summed E-state index contributed by atoms with van der Waals surface area (Å²) in [7, 11) is 0. The molecule has 2 aliphatic rings. The number of hydrogen-bond acceptors (Lipinski definition) is 2. The van der Waals surface area contributed by atoms with E-state index in [1.165, 1.54) is 0 Å². The van der Waals surface area contributed by atoms with E-state index in [0.717, 1.165) is 11.3 Å². The average molecular weight is 236 g/mol. The molecule has 16 heavy (non-hydrogen) atoms. The van der Waals surface area contributed by atoms with Crippen LogP contribution in [0.1, 0.15) is 26.2 Å². The molecule has 1 atom stereocenters. The molecule has 1 amide bonds. The van der Waals surface area contributed by atoms with Gasteiger partial charge in [-0.15, -0.1) is 0 Å². The van der Waals surface area contributed by atoms with Crippen LogP contribution in [0.3, 0.4) is 0 Å². The zero-order chi connectivity index (χ0) is 12.0. The first-order chi connectivity index (χ1) is 7.39. The van der Waals surface area contributed by atoms with Gasteiger partial charge in [0.25, 0.3) is 0 Å². The van der Waals surface area contributed by atoms with Crippen LogP contribution >= 0.6 is 0 Å². The summed E-state index contributed by atoms with van der Waals surface area (Å²) in [5.74, 6) is -1.68. The number of nitrogens with zero attached hydrogens (tertiary/aromatic N) is 1. The minimum absolute atomic E-state index is 0.0162. The molecule has 1 aliphatic carbocycles. The molecule has 6 heteroatoms. The Bertz CT molecular complexity index is 299. The van der Waals surface area contributed by atoms with E-state index in [9.17, 15) is 18.0 Å². The van der Waals surface area contributed by atoms with Crippen LogP contribution in [0.5, 0.6) is 0 Å². The van der Waals surface area contributed by atoms with Crippen molar-refractivity contribution in [3.05, 3.63) is 0 Å². The van der Waals surface area contributed by atoms with Gasteiger partial charge in [-0.2, -0.15) is 13.2 Å². The third kappa shape index (κ3) is 1.90. The number of rotatable bonds is 1. The summed E-state index contributed by atoms with van der Waals surface area (Å²) in [5.41, 5.74) is -0.543. The lowest BCUT2D eigenvalue weighted by Crippen LogP contribution is -2.62. The van der Waals surface area contributed by atoms with Crippen molar-refractivity contribution in [1.82, 2.24) is 10.2 Å². The lowest BCUT2D eigenvalue weighted by molar-refractivity contribution is -0.190. The topological polar surface area (TPSA) is 32.3 Å². The number of amides is 1. The highest BCUT2D eigenvalue weighted by Gasteiger charge is 2.57. The molecule has 1 saturated carbocycles. The maximum absolute atomic E-state index is 12.4. The maximum atomic E-state index is 12.4. The fraction of sp³-hybridized carbons (Fsp3) is 0.900. The number of carbonyl (C=O) groups excluding carboxylic acids is 1. The van der Waals surface area contributed by atoms with E-state index < -0.39 is 17.6 Å². The van der Waals surface area contributed by atoms with Crippen molar-refractivity contribution in [2.75, 3.05) is 13.1 Å². The molecular formula is C10H15F3N2O. The highest BCUT2D eigenvalue weighted by atomic mass is 19.4. The Hall–Kier alpha value is -0.780. The van der Waals surface area contributed by atoms with Gasteiger partial charge in [0.05, 0.1) is 5.54 Å². The number of halogens is 3. The molecule has 2 fully saturated rings. The first kappa shape index (κ1) is 11.7. The standard InChI is InChI=1S/C10H15F3N2O/c1-2-7-5-15(8(16)10(11,12)13)9(3-4-9)6-14-7/h7,14H,2-6H2,1H3/t7-/m0/s1. The molecule has 0 radical (unpaired) electrons. The van der Waals surface area contributed by atoms with Crippen LogP contribution in [-0.4, -0.2) is 41.7 Å². The van der Waals surface area contributed by atoms with Gasteiger partial charge in [0, 0.05) is 19.1 Å². The second-order valence-corrected chi connectivity index (χ2v) is 4.62. The van der Waals surface area contributed by atoms with E-state index in [-0.39, 0.29) is 12.6 Å². The third-order valence-electron chi connectivity index (χ3n) is 3.50. The molecule has 2 rings (SSSR count). The Kier molecular flexibility index (Phi) is 2.64. The van der Waals surface area contributed by atoms with Crippen molar-refractivity contribution >= 4 is 5.91 Å². The maximum Gasteiger partial charge on any atom is 0.471 e. The monoisotopic (exact) mass is 236 g/mol. The summed E-state index contributed by atoms with van der Waals surface area (Å²) in [6.07, 6.45) is -2.65. The Balaban J connectivity index is 2.13. The van der Waals surface area contributed by atoms with Crippen LogP contribution in [0.25, 0.3) is 0 Å². The Labute approximate surface area is 92.0 Å². The summed E-state index contributed by atoms with van der Waals surface area (Å²) >= 11 is 0. The zero-order valence-corrected chi connectivity index (χ0v) is 9.10. The van der Waals surface area contributed by atoms with Crippen LogP contribution in [0.4, 0.5) is 13.2 Å². The minimum Gasteiger partial charge on any atom is -0.326 e. The molecule has 0 bridgehead atoms. The van der Waals surface area contributed by atoms with E-state index >= 15 is 0 Å². The Morgan fingerprint density at radius 1 is 1.50 bits per heavy atom. The fourth-order valence-electron chi connectivity index (χ4n) is 2.22. The van der Waals surface area contributed by atoms with E-state index in [2.05, 4.69) is 5.32 Å².